The summed E-state index contributed by atoms with van der Waals surface area (Å²) in [6.07, 6.45) is 3.37. The van der Waals surface area contributed by atoms with Crippen LogP contribution in [0.4, 0.5) is 23.2 Å². The van der Waals surface area contributed by atoms with Gasteiger partial charge >= 0.3 is 5.51 Å². The van der Waals surface area contributed by atoms with Crippen LogP contribution in [0.25, 0.3) is 0 Å². The molecular formula is C12H13F4NO2S. The maximum absolute atomic E-state index is 13.1. The summed E-state index contributed by atoms with van der Waals surface area (Å²) >= 11 is 0. The molecule has 2 rings (SSSR count). The largest absolute Gasteiger partial charge is 0.501 e. The fourth-order valence-electron chi connectivity index (χ4n) is 2.25. The highest BCUT2D eigenvalue weighted by molar-refractivity contribution is 7.92. The van der Waals surface area contributed by atoms with Crippen LogP contribution in [0.15, 0.2) is 23.1 Å². The molecule has 0 spiro atoms. The van der Waals surface area contributed by atoms with Crippen LogP contribution in [-0.2, 0) is 9.84 Å². The van der Waals surface area contributed by atoms with Gasteiger partial charge in [-0.15, -0.1) is 0 Å². The lowest BCUT2D eigenvalue weighted by Gasteiger charge is -2.18. The molecule has 0 unspecified atom stereocenters. The smallest absolute Gasteiger partial charge is 0.381 e. The van der Waals surface area contributed by atoms with E-state index in [1.54, 1.807) is 0 Å². The molecule has 0 saturated heterocycles. The summed E-state index contributed by atoms with van der Waals surface area (Å²) in [5.74, 6) is -1.02. The molecule has 1 aromatic carbocycles. The van der Waals surface area contributed by atoms with Gasteiger partial charge in [0.25, 0.3) is 9.84 Å². The molecule has 20 heavy (non-hydrogen) atoms. The minimum Gasteiger partial charge on any atom is -0.381 e. The molecule has 0 aromatic heterocycles. The molecule has 8 heteroatoms. The summed E-state index contributed by atoms with van der Waals surface area (Å²) in [5, 5.41) is 2.77. The maximum Gasteiger partial charge on any atom is 0.501 e. The molecule has 0 radical (unpaired) electrons. The summed E-state index contributed by atoms with van der Waals surface area (Å²) in [4.78, 5) is -1.06. The third-order valence-electron chi connectivity index (χ3n) is 3.25. The molecule has 0 bridgehead atoms. The summed E-state index contributed by atoms with van der Waals surface area (Å²) in [6, 6.07) is 2.29. The highest BCUT2D eigenvalue weighted by Gasteiger charge is 2.48. The van der Waals surface area contributed by atoms with E-state index < -0.39 is 26.1 Å². The fourth-order valence-corrected chi connectivity index (χ4v) is 3.19. The van der Waals surface area contributed by atoms with E-state index >= 15 is 0 Å². The van der Waals surface area contributed by atoms with Gasteiger partial charge in [-0.3, -0.25) is 0 Å². The number of hydrogen-bond acceptors (Lipinski definition) is 3. The number of benzene rings is 1. The molecule has 112 valence electrons. The summed E-state index contributed by atoms with van der Waals surface area (Å²) in [6.45, 7) is 0. The van der Waals surface area contributed by atoms with Crippen molar-refractivity contribution in [2.75, 3.05) is 5.32 Å². The fraction of sp³-hybridized carbons (Fsp3) is 0.500. The molecule has 1 aliphatic carbocycles. The predicted octanol–water partition coefficient (Wildman–Crippen LogP) is 3.47. The van der Waals surface area contributed by atoms with Crippen molar-refractivity contribution in [3.05, 3.63) is 24.0 Å². The van der Waals surface area contributed by atoms with Crippen LogP contribution in [0.1, 0.15) is 25.7 Å². The van der Waals surface area contributed by atoms with Crippen LogP contribution < -0.4 is 5.32 Å². The average molecular weight is 311 g/mol. The van der Waals surface area contributed by atoms with Crippen molar-refractivity contribution in [3.63, 3.8) is 0 Å². The molecule has 1 N–H and O–H groups in total. The number of halogens is 4. The first kappa shape index (κ1) is 15.1. The van der Waals surface area contributed by atoms with Gasteiger partial charge in [-0.2, -0.15) is 13.2 Å². The van der Waals surface area contributed by atoms with E-state index in [1.165, 1.54) is 0 Å². The minimum absolute atomic E-state index is 0.0809. The number of alkyl halides is 3. The first-order valence-electron chi connectivity index (χ1n) is 6.09. The van der Waals surface area contributed by atoms with Crippen LogP contribution in [0.3, 0.4) is 0 Å². The Morgan fingerprint density at radius 2 is 1.75 bits per heavy atom. The van der Waals surface area contributed by atoms with Crippen molar-refractivity contribution in [1.82, 2.24) is 0 Å². The zero-order chi connectivity index (χ0) is 15.0. The van der Waals surface area contributed by atoms with E-state index in [9.17, 15) is 26.0 Å². The van der Waals surface area contributed by atoms with E-state index in [0.717, 1.165) is 37.8 Å². The van der Waals surface area contributed by atoms with Crippen LogP contribution in [-0.4, -0.2) is 20.0 Å². The topological polar surface area (TPSA) is 46.2 Å². The number of sulfone groups is 1. The maximum atomic E-state index is 13.1. The van der Waals surface area contributed by atoms with E-state index in [-0.39, 0.29) is 11.7 Å². The highest BCUT2D eigenvalue weighted by Crippen LogP contribution is 2.36. The van der Waals surface area contributed by atoms with E-state index in [2.05, 4.69) is 5.32 Å². The Balaban J connectivity index is 2.43. The Morgan fingerprint density at radius 3 is 2.30 bits per heavy atom. The van der Waals surface area contributed by atoms with Gasteiger partial charge in [0.15, 0.2) is 0 Å². The monoisotopic (exact) mass is 311 g/mol. The van der Waals surface area contributed by atoms with E-state index in [1.807, 2.05) is 0 Å². The summed E-state index contributed by atoms with van der Waals surface area (Å²) < 4.78 is 73.9. The molecule has 1 aliphatic rings. The average Bonchev–Trinajstić information content (AvgIpc) is 2.82. The summed E-state index contributed by atoms with van der Waals surface area (Å²) in [5.41, 5.74) is -5.65. The SMILES string of the molecule is O=S(=O)(c1cc(F)ccc1NC1CCCC1)C(F)(F)F. The normalized spacial score (nSPS) is 17.4. The van der Waals surface area contributed by atoms with Crippen molar-refractivity contribution < 1.29 is 26.0 Å². The Morgan fingerprint density at radius 1 is 1.15 bits per heavy atom. The minimum atomic E-state index is -5.57. The lowest BCUT2D eigenvalue weighted by molar-refractivity contribution is -0.0435. The van der Waals surface area contributed by atoms with Gasteiger partial charge in [-0.25, -0.2) is 12.8 Å². The van der Waals surface area contributed by atoms with Gasteiger partial charge in [-0.05, 0) is 31.0 Å². The molecular weight excluding hydrogens is 298 g/mol. The quantitative estimate of drug-likeness (QED) is 0.869. The Labute approximate surface area is 113 Å². The second-order valence-corrected chi connectivity index (χ2v) is 6.62. The zero-order valence-corrected chi connectivity index (χ0v) is 11.2. The van der Waals surface area contributed by atoms with Gasteiger partial charge in [0.2, 0.25) is 0 Å². The zero-order valence-electron chi connectivity index (χ0n) is 10.4. The Bertz CT molecular complexity index is 592. The Kier molecular flexibility index (Phi) is 3.95. The number of nitrogens with one attached hydrogen (secondary N) is 1. The molecule has 0 atom stereocenters. The second kappa shape index (κ2) is 5.23. The third kappa shape index (κ3) is 2.89. The highest BCUT2D eigenvalue weighted by atomic mass is 32.2. The van der Waals surface area contributed by atoms with Gasteiger partial charge in [-0.1, -0.05) is 12.8 Å². The predicted molar refractivity (Wildman–Crippen MR) is 65.5 cm³/mol. The Hall–Kier alpha value is -1.31. The molecule has 3 nitrogen and oxygen atoms in total. The van der Waals surface area contributed by atoms with E-state index in [4.69, 9.17) is 0 Å². The van der Waals surface area contributed by atoms with E-state index in [0.29, 0.717) is 6.07 Å². The number of rotatable bonds is 3. The van der Waals surface area contributed by atoms with Gasteiger partial charge in [0.1, 0.15) is 10.7 Å². The first-order valence-corrected chi connectivity index (χ1v) is 7.57. The van der Waals surface area contributed by atoms with Crippen LogP contribution in [0.5, 0.6) is 0 Å². The van der Waals surface area contributed by atoms with Crippen molar-refractivity contribution in [2.45, 2.75) is 42.1 Å². The van der Waals surface area contributed by atoms with Crippen LogP contribution in [0.2, 0.25) is 0 Å². The third-order valence-corrected chi connectivity index (χ3v) is 4.78. The van der Waals surface area contributed by atoms with Gasteiger partial charge in [0, 0.05) is 6.04 Å². The van der Waals surface area contributed by atoms with Crippen molar-refractivity contribution in [2.24, 2.45) is 0 Å². The lowest BCUT2D eigenvalue weighted by Crippen LogP contribution is -2.25. The van der Waals surface area contributed by atoms with Gasteiger partial charge in [0.05, 0.1) is 5.69 Å². The van der Waals surface area contributed by atoms with Gasteiger partial charge < -0.3 is 5.32 Å². The second-order valence-electron chi connectivity index (χ2n) is 4.72. The van der Waals surface area contributed by atoms with Crippen molar-refractivity contribution >= 4 is 15.5 Å². The lowest BCUT2D eigenvalue weighted by atomic mass is 10.2. The molecule has 1 aromatic rings. The first-order chi connectivity index (χ1) is 9.22. The molecule has 0 aliphatic heterocycles. The standard InChI is InChI=1S/C12H13F4NO2S/c13-8-5-6-10(17-9-3-1-2-4-9)11(7-8)20(18,19)12(14,15)16/h5-7,9,17H,1-4H2. The van der Waals surface area contributed by atoms with Crippen LogP contribution in [0, 0.1) is 5.82 Å². The van der Waals surface area contributed by atoms with Crippen molar-refractivity contribution in [3.8, 4) is 0 Å². The summed E-state index contributed by atoms with van der Waals surface area (Å²) in [7, 11) is -5.57. The molecule has 1 saturated carbocycles. The van der Waals surface area contributed by atoms with Crippen molar-refractivity contribution in [1.29, 1.82) is 0 Å². The molecule has 0 amide bonds. The number of anilines is 1. The van der Waals surface area contributed by atoms with Crippen LogP contribution >= 0.6 is 0 Å². The number of hydrogen-bond donors (Lipinski definition) is 1. The molecule has 1 fully saturated rings. The molecule has 0 heterocycles.